The first-order valence-corrected chi connectivity index (χ1v) is 6.00. The van der Waals surface area contributed by atoms with Gasteiger partial charge in [0, 0.05) is 13.0 Å². The molecule has 1 heterocycles. The standard InChI is InChI=1S/C13H15NO5/c1-2-13(16)17-7-12(15)14-6-9-3-4-10-11(5-9)19-8-18-10/h3-5H,2,6-8H2,1H3,(H,14,15). The fourth-order valence-electron chi connectivity index (χ4n) is 1.55. The van der Waals surface area contributed by atoms with Crippen molar-refractivity contribution >= 4 is 11.9 Å². The van der Waals surface area contributed by atoms with Crippen LogP contribution >= 0.6 is 0 Å². The zero-order valence-electron chi connectivity index (χ0n) is 10.6. The van der Waals surface area contributed by atoms with Crippen LogP contribution in [0.5, 0.6) is 11.5 Å². The van der Waals surface area contributed by atoms with Gasteiger partial charge in [0.05, 0.1) is 0 Å². The van der Waals surface area contributed by atoms with Gasteiger partial charge >= 0.3 is 5.97 Å². The Morgan fingerprint density at radius 3 is 2.89 bits per heavy atom. The lowest BCUT2D eigenvalue weighted by Gasteiger charge is -2.06. The van der Waals surface area contributed by atoms with E-state index in [1.807, 2.05) is 6.07 Å². The van der Waals surface area contributed by atoms with Crippen molar-refractivity contribution in [3.63, 3.8) is 0 Å². The Morgan fingerprint density at radius 2 is 2.11 bits per heavy atom. The van der Waals surface area contributed by atoms with Gasteiger partial charge in [-0.25, -0.2) is 0 Å². The lowest BCUT2D eigenvalue weighted by atomic mass is 10.2. The quantitative estimate of drug-likeness (QED) is 0.803. The number of esters is 1. The zero-order chi connectivity index (χ0) is 13.7. The second-order valence-electron chi connectivity index (χ2n) is 3.98. The zero-order valence-corrected chi connectivity index (χ0v) is 10.6. The first kappa shape index (κ1) is 13.2. The molecule has 102 valence electrons. The number of benzene rings is 1. The third kappa shape index (κ3) is 3.61. The molecule has 0 saturated heterocycles. The highest BCUT2D eigenvalue weighted by atomic mass is 16.7. The smallest absolute Gasteiger partial charge is 0.306 e. The Bertz CT molecular complexity index is 486. The molecule has 19 heavy (non-hydrogen) atoms. The number of hydrogen-bond acceptors (Lipinski definition) is 5. The van der Waals surface area contributed by atoms with Crippen molar-refractivity contribution in [1.29, 1.82) is 0 Å². The predicted molar refractivity (Wildman–Crippen MR) is 65.7 cm³/mol. The lowest BCUT2D eigenvalue weighted by Crippen LogP contribution is -2.28. The molecule has 0 aromatic heterocycles. The summed E-state index contributed by atoms with van der Waals surface area (Å²) in [4.78, 5) is 22.3. The molecule has 0 unspecified atom stereocenters. The molecule has 1 aliphatic heterocycles. The van der Waals surface area contributed by atoms with Crippen LogP contribution in [-0.2, 0) is 20.9 Å². The van der Waals surface area contributed by atoms with Gasteiger partial charge in [-0.3, -0.25) is 9.59 Å². The van der Waals surface area contributed by atoms with Gasteiger partial charge in [-0.05, 0) is 17.7 Å². The van der Waals surface area contributed by atoms with E-state index in [1.54, 1.807) is 19.1 Å². The molecule has 0 radical (unpaired) electrons. The summed E-state index contributed by atoms with van der Waals surface area (Å²) in [5.74, 6) is 0.647. The highest BCUT2D eigenvalue weighted by Gasteiger charge is 2.13. The van der Waals surface area contributed by atoms with Gasteiger partial charge in [-0.15, -0.1) is 0 Å². The van der Waals surface area contributed by atoms with Gasteiger partial charge in [0.25, 0.3) is 5.91 Å². The molecule has 0 spiro atoms. The van der Waals surface area contributed by atoms with Crippen molar-refractivity contribution in [3.05, 3.63) is 23.8 Å². The summed E-state index contributed by atoms with van der Waals surface area (Å²) in [5.41, 5.74) is 0.888. The Morgan fingerprint density at radius 1 is 1.32 bits per heavy atom. The topological polar surface area (TPSA) is 73.9 Å². The molecular formula is C13H15NO5. The van der Waals surface area contributed by atoms with E-state index in [1.165, 1.54) is 0 Å². The first-order chi connectivity index (χ1) is 9.19. The SMILES string of the molecule is CCC(=O)OCC(=O)NCc1ccc2c(c1)OCO2. The molecule has 1 N–H and O–H groups in total. The fraction of sp³-hybridized carbons (Fsp3) is 0.385. The minimum Gasteiger partial charge on any atom is -0.456 e. The highest BCUT2D eigenvalue weighted by Crippen LogP contribution is 2.32. The van der Waals surface area contributed by atoms with Gasteiger partial charge in [-0.2, -0.15) is 0 Å². The van der Waals surface area contributed by atoms with Crippen molar-refractivity contribution in [3.8, 4) is 11.5 Å². The van der Waals surface area contributed by atoms with Gasteiger partial charge in [0.1, 0.15) is 0 Å². The molecule has 1 aromatic carbocycles. The summed E-state index contributed by atoms with van der Waals surface area (Å²) in [7, 11) is 0. The Labute approximate surface area is 110 Å². The summed E-state index contributed by atoms with van der Waals surface area (Å²) in [6.07, 6.45) is 0.259. The molecular weight excluding hydrogens is 250 g/mol. The van der Waals surface area contributed by atoms with Crippen molar-refractivity contribution < 1.29 is 23.8 Å². The number of hydrogen-bond donors (Lipinski definition) is 1. The number of rotatable bonds is 5. The summed E-state index contributed by atoms with van der Waals surface area (Å²) < 4.78 is 15.1. The third-order valence-corrected chi connectivity index (χ3v) is 2.58. The second kappa shape index (κ2) is 6.08. The van der Waals surface area contributed by atoms with E-state index in [4.69, 9.17) is 14.2 Å². The van der Waals surface area contributed by atoms with Gasteiger partial charge < -0.3 is 19.5 Å². The Hall–Kier alpha value is -2.24. The monoisotopic (exact) mass is 265 g/mol. The molecule has 0 bridgehead atoms. The molecule has 0 aliphatic carbocycles. The number of carbonyl (C=O) groups is 2. The maximum Gasteiger partial charge on any atom is 0.306 e. The number of fused-ring (bicyclic) bond motifs is 1. The van der Waals surface area contributed by atoms with Crippen molar-refractivity contribution in [2.45, 2.75) is 19.9 Å². The first-order valence-electron chi connectivity index (χ1n) is 6.00. The Balaban J connectivity index is 1.79. The van der Waals surface area contributed by atoms with Crippen LogP contribution in [0.1, 0.15) is 18.9 Å². The largest absolute Gasteiger partial charge is 0.456 e. The van der Waals surface area contributed by atoms with Crippen LogP contribution in [0.15, 0.2) is 18.2 Å². The fourth-order valence-corrected chi connectivity index (χ4v) is 1.55. The van der Waals surface area contributed by atoms with Crippen LogP contribution in [0.4, 0.5) is 0 Å². The number of ether oxygens (including phenoxy) is 3. The second-order valence-corrected chi connectivity index (χ2v) is 3.98. The number of amides is 1. The van der Waals surface area contributed by atoms with Crippen molar-refractivity contribution in [1.82, 2.24) is 5.32 Å². The van der Waals surface area contributed by atoms with E-state index in [9.17, 15) is 9.59 Å². The summed E-state index contributed by atoms with van der Waals surface area (Å²) in [6.45, 7) is 1.99. The predicted octanol–water partition coefficient (Wildman–Crippen LogP) is 0.985. The van der Waals surface area contributed by atoms with E-state index in [0.29, 0.717) is 18.0 Å². The molecule has 0 atom stereocenters. The third-order valence-electron chi connectivity index (χ3n) is 2.58. The number of nitrogens with one attached hydrogen (secondary N) is 1. The van der Waals surface area contributed by atoms with Crippen molar-refractivity contribution in [2.24, 2.45) is 0 Å². The molecule has 1 amide bonds. The van der Waals surface area contributed by atoms with E-state index in [0.717, 1.165) is 5.56 Å². The number of carbonyl (C=O) groups excluding carboxylic acids is 2. The van der Waals surface area contributed by atoms with Gasteiger partial charge in [0.2, 0.25) is 6.79 Å². The molecule has 1 aliphatic rings. The van der Waals surface area contributed by atoms with Gasteiger partial charge in [-0.1, -0.05) is 13.0 Å². The molecule has 2 rings (SSSR count). The molecule has 6 nitrogen and oxygen atoms in total. The average molecular weight is 265 g/mol. The van der Waals surface area contributed by atoms with Crippen LogP contribution < -0.4 is 14.8 Å². The van der Waals surface area contributed by atoms with Crippen LogP contribution in [0, 0.1) is 0 Å². The summed E-state index contributed by atoms with van der Waals surface area (Å²) >= 11 is 0. The van der Waals surface area contributed by atoms with Crippen molar-refractivity contribution in [2.75, 3.05) is 13.4 Å². The summed E-state index contributed by atoms with van der Waals surface area (Å²) in [5, 5.41) is 2.66. The molecule has 0 fully saturated rings. The lowest BCUT2D eigenvalue weighted by molar-refractivity contribution is -0.148. The maximum atomic E-state index is 11.4. The molecule has 0 saturated carbocycles. The summed E-state index contributed by atoms with van der Waals surface area (Å²) in [6, 6.07) is 5.44. The van der Waals surface area contributed by atoms with E-state index in [-0.39, 0.29) is 25.7 Å². The minimum absolute atomic E-state index is 0.220. The van der Waals surface area contributed by atoms with Crippen LogP contribution in [-0.4, -0.2) is 25.3 Å². The molecule has 6 heteroatoms. The van der Waals surface area contributed by atoms with Crippen LogP contribution in [0.25, 0.3) is 0 Å². The maximum absolute atomic E-state index is 11.4. The average Bonchev–Trinajstić information content (AvgIpc) is 2.89. The Kier molecular flexibility index (Phi) is 4.22. The van der Waals surface area contributed by atoms with Crippen LogP contribution in [0.3, 0.4) is 0 Å². The van der Waals surface area contributed by atoms with Gasteiger partial charge in [0.15, 0.2) is 18.1 Å². The van der Waals surface area contributed by atoms with E-state index >= 15 is 0 Å². The van der Waals surface area contributed by atoms with Crippen LogP contribution in [0.2, 0.25) is 0 Å². The highest BCUT2D eigenvalue weighted by molar-refractivity contribution is 5.80. The van der Waals surface area contributed by atoms with E-state index in [2.05, 4.69) is 5.32 Å². The van der Waals surface area contributed by atoms with E-state index < -0.39 is 5.97 Å². The normalized spacial score (nSPS) is 12.1. The molecule has 1 aromatic rings. The minimum atomic E-state index is -0.391.